The second kappa shape index (κ2) is 5.27. The highest BCUT2D eigenvalue weighted by Gasteiger charge is 2.05. The molecule has 16 heavy (non-hydrogen) atoms. The van der Waals surface area contributed by atoms with Crippen molar-refractivity contribution in [2.75, 3.05) is 6.54 Å². The number of thiophene rings is 1. The van der Waals surface area contributed by atoms with Crippen molar-refractivity contribution >= 4 is 11.3 Å². The zero-order chi connectivity index (χ0) is 11.4. The van der Waals surface area contributed by atoms with Crippen molar-refractivity contribution in [3.8, 4) is 0 Å². The summed E-state index contributed by atoms with van der Waals surface area (Å²) < 4.78 is 2.07. The van der Waals surface area contributed by atoms with Crippen LogP contribution in [0.5, 0.6) is 0 Å². The van der Waals surface area contributed by atoms with E-state index in [2.05, 4.69) is 38.6 Å². The molecule has 2 rings (SSSR count). The Labute approximate surface area is 100 Å². The van der Waals surface area contributed by atoms with Gasteiger partial charge in [-0.3, -0.25) is 0 Å². The molecule has 0 bridgehead atoms. The van der Waals surface area contributed by atoms with Gasteiger partial charge in [0, 0.05) is 38.4 Å². The molecule has 0 spiro atoms. The summed E-state index contributed by atoms with van der Waals surface area (Å²) in [4.78, 5) is 4.30. The summed E-state index contributed by atoms with van der Waals surface area (Å²) in [6.45, 7) is 3.16. The number of rotatable bonds is 5. The van der Waals surface area contributed by atoms with Crippen molar-refractivity contribution in [2.45, 2.75) is 19.4 Å². The van der Waals surface area contributed by atoms with Gasteiger partial charge in [-0.05, 0) is 29.3 Å². The number of aromatic nitrogens is 2. The van der Waals surface area contributed by atoms with Gasteiger partial charge in [0.25, 0.3) is 0 Å². The molecule has 0 radical (unpaired) electrons. The van der Waals surface area contributed by atoms with Gasteiger partial charge in [0.2, 0.25) is 0 Å². The predicted octanol–water partition coefficient (Wildman–Crippen LogP) is 2.37. The fraction of sp³-hybridized carbons (Fsp3) is 0.417. The standard InChI is InChI=1S/C12H17N3S/c1-10(11-4-8-16-9-11)13-5-3-12-14-6-7-15(12)2/h4,6-10,13H,3,5H2,1-2H3. The number of hydrogen-bond acceptors (Lipinski definition) is 3. The van der Waals surface area contributed by atoms with Crippen LogP contribution in [0.25, 0.3) is 0 Å². The molecule has 4 heteroatoms. The van der Waals surface area contributed by atoms with E-state index in [1.807, 2.05) is 19.4 Å². The Balaban J connectivity index is 1.78. The van der Waals surface area contributed by atoms with E-state index >= 15 is 0 Å². The molecule has 3 nitrogen and oxygen atoms in total. The highest BCUT2D eigenvalue weighted by molar-refractivity contribution is 7.07. The molecule has 2 aromatic heterocycles. The molecule has 0 saturated heterocycles. The lowest BCUT2D eigenvalue weighted by atomic mass is 10.2. The molecule has 1 atom stereocenters. The van der Waals surface area contributed by atoms with Gasteiger partial charge < -0.3 is 9.88 Å². The fourth-order valence-electron chi connectivity index (χ4n) is 1.68. The molecule has 0 fully saturated rings. The van der Waals surface area contributed by atoms with E-state index in [1.165, 1.54) is 5.56 Å². The summed E-state index contributed by atoms with van der Waals surface area (Å²) in [7, 11) is 2.03. The largest absolute Gasteiger partial charge is 0.338 e. The maximum absolute atomic E-state index is 4.30. The smallest absolute Gasteiger partial charge is 0.109 e. The maximum Gasteiger partial charge on any atom is 0.109 e. The van der Waals surface area contributed by atoms with E-state index in [1.54, 1.807) is 11.3 Å². The molecule has 0 aliphatic rings. The average molecular weight is 235 g/mol. The van der Waals surface area contributed by atoms with Gasteiger partial charge in [0.05, 0.1) is 0 Å². The maximum atomic E-state index is 4.30. The zero-order valence-corrected chi connectivity index (χ0v) is 10.5. The molecular weight excluding hydrogens is 218 g/mol. The molecule has 1 N–H and O–H groups in total. The molecule has 2 aromatic rings. The van der Waals surface area contributed by atoms with Crippen LogP contribution in [0.4, 0.5) is 0 Å². The summed E-state index contributed by atoms with van der Waals surface area (Å²) in [5.74, 6) is 1.13. The van der Waals surface area contributed by atoms with Crippen LogP contribution in [0.15, 0.2) is 29.2 Å². The normalized spacial score (nSPS) is 12.9. The third-order valence-corrected chi connectivity index (χ3v) is 3.46. The lowest BCUT2D eigenvalue weighted by molar-refractivity contribution is 0.566. The van der Waals surface area contributed by atoms with E-state index in [-0.39, 0.29) is 0 Å². The summed E-state index contributed by atoms with van der Waals surface area (Å²) in [5.41, 5.74) is 1.37. The minimum atomic E-state index is 0.423. The lowest BCUT2D eigenvalue weighted by Gasteiger charge is -2.12. The monoisotopic (exact) mass is 235 g/mol. The highest BCUT2D eigenvalue weighted by atomic mass is 32.1. The minimum Gasteiger partial charge on any atom is -0.338 e. The van der Waals surface area contributed by atoms with Gasteiger partial charge in [0.1, 0.15) is 5.82 Å². The number of hydrogen-bond donors (Lipinski definition) is 1. The molecule has 2 heterocycles. The Morgan fingerprint density at radius 3 is 3.06 bits per heavy atom. The van der Waals surface area contributed by atoms with Crippen LogP contribution in [-0.4, -0.2) is 16.1 Å². The Morgan fingerprint density at radius 1 is 1.56 bits per heavy atom. The van der Waals surface area contributed by atoms with Crippen molar-refractivity contribution < 1.29 is 0 Å². The fourth-order valence-corrected chi connectivity index (χ4v) is 2.43. The van der Waals surface area contributed by atoms with E-state index in [9.17, 15) is 0 Å². The average Bonchev–Trinajstić information content (AvgIpc) is 2.90. The van der Waals surface area contributed by atoms with Gasteiger partial charge in [-0.1, -0.05) is 0 Å². The van der Waals surface area contributed by atoms with Crippen LogP contribution in [0, 0.1) is 0 Å². The van der Waals surface area contributed by atoms with Crippen molar-refractivity contribution in [1.82, 2.24) is 14.9 Å². The topological polar surface area (TPSA) is 29.9 Å². The van der Waals surface area contributed by atoms with Crippen LogP contribution in [0.3, 0.4) is 0 Å². The Hall–Kier alpha value is -1.13. The summed E-state index contributed by atoms with van der Waals surface area (Å²) in [6, 6.07) is 2.59. The Morgan fingerprint density at radius 2 is 2.44 bits per heavy atom. The van der Waals surface area contributed by atoms with Gasteiger partial charge in [-0.2, -0.15) is 11.3 Å². The van der Waals surface area contributed by atoms with Gasteiger partial charge in [-0.25, -0.2) is 4.98 Å². The van der Waals surface area contributed by atoms with Gasteiger partial charge in [0.15, 0.2) is 0 Å². The number of nitrogens with zero attached hydrogens (tertiary/aromatic N) is 2. The third kappa shape index (κ3) is 2.71. The lowest BCUT2D eigenvalue weighted by Crippen LogP contribution is -2.21. The van der Waals surface area contributed by atoms with E-state index < -0.39 is 0 Å². The molecule has 0 amide bonds. The van der Waals surface area contributed by atoms with Crippen LogP contribution in [0.2, 0.25) is 0 Å². The first-order valence-corrected chi connectivity index (χ1v) is 6.43. The molecule has 0 aliphatic heterocycles. The van der Waals surface area contributed by atoms with E-state index in [0.29, 0.717) is 6.04 Å². The Bertz CT molecular complexity index is 419. The van der Waals surface area contributed by atoms with Gasteiger partial charge in [-0.15, -0.1) is 0 Å². The molecule has 0 saturated carbocycles. The van der Waals surface area contributed by atoms with Crippen molar-refractivity contribution in [2.24, 2.45) is 7.05 Å². The number of imidazole rings is 1. The summed E-state index contributed by atoms with van der Waals surface area (Å²) >= 11 is 1.75. The molecule has 0 aromatic carbocycles. The van der Waals surface area contributed by atoms with Crippen molar-refractivity contribution in [3.63, 3.8) is 0 Å². The van der Waals surface area contributed by atoms with E-state index in [0.717, 1.165) is 18.8 Å². The van der Waals surface area contributed by atoms with Crippen LogP contribution in [0.1, 0.15) is 24.4 Å². The highest BCUT2D eigenvalue weighted by Crippen LogP contribution is 2.15. The molecule has 86 valence electrons. The summed E-state index contributed by atoms with van der Waals surface area (Å²) in [5, 5.41) is 7.81. The van der Waals surface area contributed by atoms with Crippen LogP contribution < -0.4 is 5.32 Å². The first-order chi connectivity index (χ1) is 7.77. The second-order valence-corrected chi connectivity index (χ2v) is 4.72. The zero-order valence-electron chi connectivity index (χ0n) is 9.68. The number of nitrogens with one attached hydrogen (secondary N) is 1. The third-order valence-electron chi connectivity index (χ3n) is 2.76. The first kappa shape index (κ1) is 11.4. The van der Waals surface area contributed by atoms with Crippen molar-refractivity contribution in [1.29, 1.82) is 0 Å². The van der Waals surface area contributed by atoms with E-state index in [4.69, 9.17) is 0 Å². The first-order valence-electron chi connectivity index (χ1n) is 5.49. The predicted molar refractivity (Wildman–Crippen MR) is 67.6 cm³/mol. The number of aryl methyl sites for hydroxylation is 1. The summed E-state index contributed by atoms with van der Waals surface area (Å²) in [6.07, 6.45) is 4.80. The Kier molecular flexibility index (Phi) is 3.74. The van der Waals surface area contributed by atoms with Crippen molar-refractivity contribution in [3.05, 3.63) is 40.6 Å². The van der Waals surface area contributed by atoms with Crippen LogP contribution in [-0.2, 0) is 13.5 Å². The quantitative estimate of drug-likeness (QED) is 0.862. The molecule has 0 aliphatic carbocycles. The molecule has 1 unspecified atom stereocenters. The van der Waals surface area contributed by atoms with Crippen LogP contribution >= 0.6 is 11.3 Å². The minimum absolute atomic E-state index is 0.423. The van der Waals surface area contributed by atoms with Gasteiger partial charge >= 0.3 is 0 Å². The SMILES string of the molecule is CC(NCCc1nccn1C)c1ccsc1. The second-order valence-electron chi connectivity index (χ2n) is 3.94. The molecular formula is C12H17N3S.